The maximum Gasteiger partial charge on any atom is 0.407 e. The molecule has 0 bridgehead atoms. The first kappa shape index (κ1) is 24.0. The van der Waals surface area contributed by atoms with Crippen LogP contribution in [0.3, 0.4) is 0 Å². The Balaban J connectivity index is 1.17. The van der Waals surface area contributed by atoms with Crippen LogP contribution in [-0.2, 0) is 14.3 Å². The zero-order chi connectivity index (χ0) is 24.8. The molecule has 3 aromatic rings. The Morgan fingerprint density at radius 1 is 0.943 bits per heavy atom. The van der Waals surface area contributed by atoms with E-state index in [0.29, 0.717) is 11.3 Å². The molecule has 0 atom stereocenters. The summed E-state index contributed by atoms with van der Waals surface area (Å²) in [6.45, 7) is 1.96. The second kappa shape index (κ2) is 10.8. The van der Waals surface area contributed by atoms with Crippen molar-refractivity contribution in [3.05, 3.63) is 89.0 Å². The molecule has 0 aliphatic heterocycles. The summed E-state index contributed by atoms with van der Waals surface area (Å²) < 4.78 is 10.7. The van der Waals surface area contributed by atoms with Crippen LogP contribution in [0.2, 0.25) is 0 Å². The number of aromatic carboxylic acids is 1. The van der Waals surface area contributed by atoms with Gasteiger partial charge in [0.15, 0.2) is 0 Å². The Morgan fingerprint density at radius 2 is 1.60 bits per heavy atom. The molecule has 4 rings (SSSR count). The molecular formula is C27H26N2O6. The lowest BCUT2D eigenvalue weighted by Crippen LogP contribution is -2.30. The molecule has 0 saturated heterocycles. The number of rotatable bonds is 9. The van der Waals surface area contributed by atoms with Crippen molar-refractivity contribution in [2.24, 2.45) is 0 Å². The van der Waals surface area contributed by atoms with Crippen LogP contribution < -0.4 is 10.6 Å². The number of benzene rings is 3. The molecule has 2 amide bonds. The highest BCUT2D eigenvalue weighted by atomic mass is 16.5. The Kier molecular flexibility index (Phi) is 7.42. The van der Waals surface area contributed by atoms with Crippen molar-refractivity contribution in [2.45, 2.75) is 12.8 Å². The molecule has 0 fully saturated rings. The van der Waals surface area contributed by atoms with E-state index in [1.165, 1.54) is 6.07 Å². The lowest BCUT2D eigenvalue weighted by Gasteiger charge is -2.14. The largest absolute Gasteiger partial charge is 0.478 e. The molecule has 3 aromatic carbocycles. The van der Waals surface area contributed by atoms with Crippen molar-refractivity contribution in [3.8, 4) is 11.1 Å². The highest BCUT2D eigenvalue weighted by Crippen LogP contribution is 2.44. The first-order valence-electron chi connectivity index (χ1n) is 11.2. The van der Waals surface area contributed by atoms with Crippen LogP contribution in [0.5, 0.6) is 0 Å². The van der Waals surface area contributed by atoms with Crippen molar-refractivity contribution in [2.75, 3.05) is 31.7 Å². The molecule has 0 heterocycles. The number of hydrogen-bond donors (Lipinski definition) is 3. The third-order valence-corrected chi connectivity index (χ3v) is 5.84. The van der Waals surface area contributed by atoms with Gasteiger partial charge in [-0.2, -0.15) is 0 Å². The van der Waals surface area contributed by atoms with Gasteiger partial charge in [-0.1, -0.05) is 54.6 Å². The number of nitrogens with one attached hydrogen (secondary N) is 2. The van der Waals surface area contributed by atoms with Crippen LogP contribution in [0, 0.1) is 6.92 Å². The number of anilines is 1. The van der Waals surface area contributed by atoms with Gasteiger partial charge in [0.2, 0.25) is 5.91 Å². The van der Waals surface area contributed by atoms with Crippen LogP contribution in [0.15, 0.2) is 66.7 Å². The number of aryl methyl sites for hydroxylation is 1. The molecule has 35 heavy (non-hydrogen) atoms. The van der Waals surface area contributed by atoms with Crippen LogP contribution in [0.1, 0.15) is 33.0 Å². The van der Waals surface area contributed by atoms with Gasteiger partial charge in [0, 0.05) is 18.2 Å². The summed E-state index contributed by atoms with van der Waals surface area (Å²) in [6.07, 6.45) is -0.555. The van der Waals surface area contributed by atoms with Crippen LogP contribution >= 0.6 is 0 Å². The van der Waals surface area contributed by atoms with E-state index in [2.05, 4.69) is 34.9 Å². The Bertz CT molecular complexity index is 1210. The number of carboxylic acid groups (broad SMARTS) is 1. The summed E-state index contributed by atoms with van der Waals surface area (Å²) in [5.41, 5.74) is 5.70. The molecule has 0 radical (unpaired) electrons. The average Bonchev–Trinajstić information content (AvgIpc) is 3.17. The number of ether oxygens (including phenoxy) is 2. The summed E-state index contributed by atoms with van der Waals surface area (Å²) in [5, 5.41) is 14.4. The van der Waals surface area contributed by atoms with Crippen molar-refractivity contribution in [1.29, 1.82) is 0 Å². The fourth-order valence-electron chi connectivity index (χ4n) is 4.17. The highest BCUT2D eigenvalue weighted by Gasteiger charge is 2.28. The summed E-state index contributed by atoms with van der Waals surface area (Å²) in [5.74, 6) is -1.50. The summed E-state index contributed by atoms with van der Waals surface area (Å²) in [6, 6.07) is 20.9. The zero-order valence-electron chi connectivity index (χ0n) is 19.2. The van der Waals surface area contributed by atoms with Crippen molar-refractivity contribution in [3.63, 3.8) is 0 Å². The average molecular weight is 475 g/mol. The number of fused-ring (bicyclic) bond motifs is 3. The minimum absolute atomic E-state index is 0.0171. The molecule has 0 aromatic heterocycles. The van der Waals surface area contributed by atoms with Gasteiger partial charge in [-0.3, -0.25) is 4.79 Å². The number of amides is 2. The van der Waals surface area contributed by atoms with Gasteiger partial charge in [-0.05, 0) is 46.9 Å². The van der Waals surface area contributed by atoms with E-state index in [1.807, 2.05) is 24.3 Å². The van der Waals surface area contributed by atoms with E-state index in [9.17, 15) is 19.5 Å². The molecule has 1 aliphatic carbocycles. The lowest BCUT2D eigenvalue weighted by atomic mass is 9.98. The quantitative estimate of drug-likeness (QED) is 0.401. The summed E-state index contributed by atoms with van der Waals surface area (Å²) in [7, 11) is 0. The monoisotopic (exact) mass is 474 g/mol. The van der Waals surface area contributed by atoms with Gasteiger partial charge in [0.25, 0.3) is 0 Å². The van der Waals surface area contributed by atoms with Gasteiger partial charge >= 0.3 is 12.1 Å². The van der Waals surface area contributed by atoms with Crippen LogP contribution in [-0.4, -0.2) is 49.4 Å². The zero-order valence-corrected chi connectivity index (χ0v) is 19.2. The summed E-state index contributed by atoms with van der Waals surface area (Å²) in [4.78, 5) is 35.4. The Morgan fingerprint density at radius 3 is 2.26 bits per heavy atom. The smallest absolute Gasteiger partial charge is 0.407 e. The lowest BCUT2D eigenvalue weighted by molar-refractivity contribution is -0.120. The van der Waals surface area contributed by atoms with Gasteiger partial charge in [0.1, 0.15) is 13.2 Å². The molecule has 1 aliphatic rings. The molecular weight excluding hydrogens is 448 g/mol. The first-order valence-corrected chi connectivity index (χ1v) is 11.2. The molecule has 0 unspecified atom stereocenters. The van der Waals surface area contributed by atoms with Gasteiger partial charge < -0.3 is 25.2 Å². The van der Waals surface area contributed by atoms with Crippen LogP contribution in [0.4, 0.5) is 10.5 Å². The van der Waals surface area contributed by atoms with E-state index >= 15 is 0 Å². The predicted molar refractivity (Wildman–Crippen MR) is 131 cm³/mol. The first-order chi connectivity index (χ1) is 16.9. The molecule has 0 spiro atoms. The van der Waals surface area contributed by atoms with Crippen molar-refractivity contribution in [1.82, 2.24) is 5.32 Å². The number of carbonyl (C=O) groups excluding carboxylic acids is 2. The van der Waals surface area contributed by atoms with Gasteiger partial charge in [0.05, 0.1) is 12.2 Å². The number of hydrogen-bond acceptors (Lipinski definition) is 5. The fraction of sp³-hybridized carbons (Fsp3) is 0.222. The van der Waals surface area contributed by atoms with E-state index in [0.717, 1.165) is 22.3 Å². The topological polar surface area (TPSA) is 114 Å². The Hall–Kier alpha value is -4.17. The maximum atomic E-state index is 12.2. The summed E-state index contributed by atoms with van der Waals surface area (Å²) >= 11 is 0. The highest BCUT2D eigenvalue weighted by molar-refractivity contribution is 5.95. The fourth-order valence-corrected chi connectivity index (χ4v) is 4.17. The Labute approximate surface area is 202 Å². The van der Waals surface area contributed by atoms with E-state index in [-0.39, 0.29) is 37.8 Å². The maximum absolute atomic E-state index is 12.2. The third-order valence-electron chi connectivity index (χ3n) is 5.84. The molecule has 180 valence electrons. The number of carbonyl (C=O) groups is 3. The molecule has 0 saturated carbocycles. The van der Waals surface area contributed by atoms with E-state index in [4.69, 9.17) is 9.47 Å². The van der Waals surface area contributed by atoms with Crippen molar-refractivity contribution < 1.29 is 29.0 Å². The van der Waals surface area contributed by atoms with E-state index < -0.39 is 18.0 Å². The molecule has 8 heteroatoms. The minimum Gasteiger partial charge on any atom is -0.478 e. The standard InChI is InChI=1S/C27H26N2O6/c1-17-10-11-18(14-23(17)26(31)32)29-25(30)16-34-13-12-28-27(33)35-15-24-21-8-4-2-6-19(21)20-7-3-5-9-22(20)24/h2-11,14,24H,12-13,15-16H2,1H3,(H,28,33)(H,29,30)(H,31,32). The van der Waals surface area contributed by atoms with Crippen LogP contribution in [0.25, 0.3) is 11.1 Å². The second-order valence-electron chi connectivity index (χ2n) is 8.19. The van der Waals surface area contributed by atoms with Gasteiger partial charge in [-0.25, -0.2) is 9.59 Å². The van der Waals surface area contributed by atoms with E-state index in [1.54, 1.807) is 19.1 Å². The number of carboxylic acids is 1. The normalized spacial score (nSPS) is 11.9. The number of alkyl carbamates (subject to hydrolysis) is 1. The SMILES string of the molecule is Cc1ccc(NC(=O)COCCNC(=O)OCC2c3ccccc3-c3ccccc32)cc1C(=O)O. The second-order valence-corrected chi connectivity index (χ2v) is 8.19. The van der Waals surface area contributed by atoms with Gasteiger partial charge in [-0.15, -0.1) is 0 Å². The van der Waals surface area contributed by atoms with Crippen molar-refractivity contribution >= 4 is 23.7 Å². The third kappa shape index (κ3) is 5.67. The minimum atomic E-state index is -1.06. The predicted octanol–water partition coefficient (Wildman–Crippen LogP) is 4.19. The molecule has 8 nitrogen and oxygen atoms in total. The molecule has 3 N–H and O–H groups in total.